The highest BCUT2D eigenvalue weighted by molar-refractivity contribution is 7.89. The van der Waals surface area contributed by atoms with Crippen molar-refractivity contribution < 1.29 is 18.5 Å². The second kappa shape index (κ2) is 9.01. The molecule has 2 aromatic heterocycles. The molecule has 0 saturated carbocycles. The number of hydrogen-bond acceptors (Lipinski definition) is 7. The molecule has 10 nitrogen and oxygen atoms in total. The lowest BCUT2D eigenvalue weighted by Gasteiger charge is -2.33. The van der Waals surface area contributed by atoms with E-state index < -0.39 is 10.0 Å². The molecule has 0 aliphatic carbocycles. The number of hydrogen-bond donors (Lipinski definition) is 4. The molecule has 3 heterocycles. The van der Waals surface area contributed by atoms with Gasteiger partial charge in [-0.25, -0.2) is 18.5 Å². The monoisotopic (exact) mass is 480 g/mol. The average molecular weight is 481 g/mol. The third kappa shape index (κ3) is 4.58. The summed E-state index contributed by atoms with van der Waals surface area (Å²) in [6.45, 7) is 2.04. The van der Waals surface area contributed by atoms with Crippen molar-refractivity contribution >= 4 is 38.5 Å². The van der Waals surface area contributed by atoms with Crippen LogP contribution in [0.2, 0.25) is 0 Å². The topological polar surface area (TPSA) is 151 Å². The van der Waals surface area contributed by atoms with Crippen molar-refractivity contribution in [3.8, 4) is 11.3 Å². The number of aromatic nitrogens is 4. The van der Waals surface area contributed by atoms with Crippen LogP contribution >= 0.6 is 0 Å². The molecule has 176 valence electrons. The van der Waals surface area contributed by atoms with E-state index in [0.29, 0.717) is 28.9 Å². The number of piperidine rings is 1. The molecule has 1 saturated heterocycles. The Morgan fingerprint density at radius 3 is 2.79 bits per heavy atom. The first-order valence-electron chi connectivity index (χ1n) is 11.0. The van der Waals surface area contributed by atoms with Crippen molar-refractivity contribution in [2.45, 2.75) is 17.7 Å². The number of aromatic amines is 2. The molecule has 1 aliphatic heterocycles. The summed E-state index contributed by atoms with van der Waals surface area (Å²) in [7, 11) is -3.82. The van der Waals surface area contributed by atoms with E-state index in [2.05, 4.69) is 37.3 Å². The van der Waals surface area contributed by atoms with E-state index >= 15 is 0 Å². The van der Waals surface area contributed by atoms with Crippen LogP contribution in [0.5, 0.6) is 0 Å². The molecule has 11 heteroatoms. The zero-order chi connectivity index (χ0) is 23.7. The maximum atomic E-state index is 11.7. The van der Waals surface area contributed by atoms with Gasteiger partial charge in [-0.2, -0.15) is 4.98 Å². The maximum absolute atomic E-state index is 11.7. The van der Waals surface area contributed by atoms with Crippen LogP contribution in [-0.2, 0) is 10.0 Å². The maximum Gasteiger partial charge on any atom is 0.305 e. The van der Waals surface area contributed by atoms with Gasteiger partial charge in [-0.05, 0) is 49.1 Å². The number of nitrogens with zero attached hydrogens (tertiary/aromatic N) is 3. The molecule has 4 aromatic rings. The van der Waals surface area contributed by atoms with Gasteiger partial charge < -0.3 is 15.3 Å². The van der Waals surface area contributed by atoms with Gasteiger partial charge in [-0.1, -0.05) is 23.2 Å². The minimum Gasteiger partial charge on any atom is -0.396 e. The quantitative estimate of drug-likeness (QED) is 0.330. The minimum absolute atomic E-state index is 0.00347. The van der Waals surface area contributed by atoms with Crippen molar-refractivity contribution in [1.82, 2.24) is 15.0 Å². The molecule has 1 atom stereocenters. The lowest BCUT2D eigenvalue weighted by atomic mass is 9.98. The number of nitrogens with one attached hydrogen (secondary N) is 3. The van der Waals surface area contributed by atoms with Crippen LogP contribution in [-0.4, -0.2) is 48.2 Å². The molecule has 1 aliphatic rings. The van der Waals surface area contributed by atoms with Gasteiger partial charge >= 0.3 is 11.6 Å². The average Bonchev–Trinajstić information content (AvgIpc) is 3.32. The molecular formula is C23H26N7O3S+. The number of rotatable bonds is 6. The minimum atomic E-state index is -3.82. The number of fused-ring (bicyclic) bond motifs is 1. The summed E-state index contributed by atoms with van der Waals surface area (Å²) in [5.74, 6) is 0.626. The second-order valence-corrected chi connectivity index (χ2v) is 10.00. The largest absolute Gasteiger partial charge is 0.396 e. The number of benzene rings is 2. The number of H-pyrrole nitrogens is 2. The number of nitrogens with two attached hydrogens (primary N) is 1. The van der Waals surface area contributed by atoms with Crippen LogP contribution in [0.1, 0.15) is 12.8 Å². The summed E-state index contributed by atoms with van der Waals surface area (Å²) in [5.41, 5.74) is 4.60. The van der Waals surface area contributed by atoms with Gasteiger partial charge in [0.05, 0.1) is 4.90 Å². The Hall–Kier alpha value is -3.54. The molecule has 0 spiro atoms. The summed E-state index contributed by atoms with van der Waals surface area (Å²) in [6, 6.07) is 14.4. The summed E-state index contributed by atoms with van der Waals surface area (Å²) in [4.78, 5) is 17.7. The summed E-state index contributed by atoms with van der Waals surface area (Å²) >= 11 is 0. The Morgan fingerprint density at radius 2 is 2.03 bits per heavy atom. The smallest absolute Gasteiger partial charge is 0.305 e. The Bertz CT molecular complexity index is 1420. The zero-order valence-electron chi connectivity index (χ0n) is 18.4. The van der Waals surface area contributed by atoms with Gasteiger partial charge in [-0.3, -0.25) is 4.98 Å². The summed E-state index contributed by atoms with van der Waals surface area (Å²) < 4.78 is 23.4. The lowest BCUT2D eigenvalue weighted by Crippen LogP contribution is -2.36. The first-order valence-corrected chi connectivity index (χ1v) is 12.6. The molecule has 1 fully saturated rings. The Labute approximate surface area is 196 Å². The van der Waals surface area contributed by atoms with Gasteiger partial charge in [0.15, 0.2) is 11.8 Å². The number of primary sulfonamides is 1. The molecule has 5 rings (SSSR count). The van der Waals surface area contributed by atoms with Crippen molar-refractivity contribution in [2.24, 2.45) is 11.1 Å². The van der Waals surface area contributed by atoms with Gasteiger partial charge in [0.2, 0.25) is 10.0 Å². The normalized spacial score (nSPS) is 16.6. The van der Waals surface area contributed by atoms with Crippen LogP contribution in [0.3, 0.4) is 0 Å². The third-order valence-electron chi connectivity index (χ3n) is 6.04. The highest BCUT2D eigenvalue weighted by Gasteiger charge is 2.21. The predicted octanol–water partition coefficient (Wildman–Crippen LogP) is 2.04. The lowest BCUT2D eigenvalue weighted by molar-refractivity contribution is -0.347. The zero-order valence-corrected chi connectivity index (χ0v) is 19.2. The van der Waals surface area contributed by atoms with Crippen molar-refractivity contribution in [2.75, 3.05) is 29.9 Å². The molecule has 1 unspecified atom stereocenters. The summed E-state index contributed by atoms with van der Waals surface area (Å²) in [6.07, 6.45) is 3.81. The fraction of sp³-hybridized carbons (Fsp3) is 0.261. The van der Waals surface area contributed by atoms with Gasteiger partial charge in [-0.15, -0.1) is 0 Å². The standard InChI is InChI=1S/C23H25N7O3S/c24-34(32,33)19-5-1-4-17(11-19)27-23-28-20(21-22(29-23)26-14-25-21)16-6-8-18(9-7-16)30-10-2-3-15(12-30)13-31/h1,4-9,11,14-15,31H,2-3,10,12-13H2,(H2,24,32,33)(H2,25,26,27,28,29)/p+1. The molecule has 2 aromatic carbocycles. The van der Waals surface area contributed by atoms with Crippen molar-refractivity contribution in [3.63, 3.8) is 0 Å². The van der Waals surface area contributed by atoms with E-state index in [0.717, 1.165) is 42.7 Å². The fourth-order valence-electron chi connectivity index (χ4n) is 4.30. The Kier molecular flexibility index (Phi) is 5.90. The van der Waals surface area contributed by atoms with Crippen LogP contribution < -0.4 is 20.3 Å². The molecule has 0 bridgehead atoms. The Balaban J connectivity index is 1.46. The van der Waals surface area contributed by atoms with Crippen molar-refractivity contribution in [3.05, 3.63) is 54.9 Å². The number of aliphatic hydroxyl groups is 1. The van der Waals surface area contributed by atoms with E-state index in [1.54, 1.807) is 18.5 Å². The SMILES string of the molecule is NS(=O)(=O)c1cccc(Nc2nc(-c3ccc(N4CCCC(CO)C4)cc3)c3[nH]c[nH+]c3n2)c1. The first-order chi connectivity index (χ1) is 16.4. The molecule has 34 heavy (non-hydrogen) atoms. The first kappa shape index (κ1) is 22.3. The Morgan fingerprint density at radius 1 is 1.21 bits per heavy atom. The molecule has 0 radical (unpaired) electrons. The number of sulfonamides is 1. The van der Waals surface area contributed by atoms with Gasteiger partial charge in [0.25, 0.3) is 0 Å². The van der Waals surface area contributed by atoms with E-state index in [1.807, 2.05) is 12.1 Å². The number of imidazole rings is 1. The molecule has 0 amide bonds. The highest BCUT2D eigenvalue weighted by atomic mass is 32.2. The van der Waals surface area contributed by atoms with Crippen LogP contribution in [0, 0.1) is 5.92 Å². The highest BCUT2D eigenvalue weighted by Crippen LogP contribution is 2.29. The van der Waals surface area contributed by atoms with Gasteiger partial charge in [0.1, 0.15) is 5.69 Å². The third-order valence-corrected chi connectivity index (χ3v) is 6.95. The van der Waals surface area contributed by atoms with E-state index in [9.17, 15) is 13.5 Å². The van der Waals surface area contributed by atoms with Crippen LogP contribution in [0.15, 0.2) is 59.8 Å². The molecular weight excluding hydrogens is 454 g/mol. The second-order valence-electron chi connectivity index (χ2n) is 8.43. The predicted molar refractivity (Wildman–Crippen MR) is 129 cm³/mol. The fourth-order valence-corrected chi connectivity index (χ4v) is 4.86. The number of anilines is 3. The van der Waals surface area contributed by atoms with E-state index in [-0.39, 0.29) is 11.5 Å². The van der Waals surface area contributed by atoms with Crippen LogP contribution in [0.25, 0.3) is 22.4 Å². The summed E-state index contributed by atoms with van der Waals surface area (Å²) in [5, 5.41) is 17.9. The van der Waals surface area contributed by atoms with Crippen LogP contribution in [0.4, 0.5) is 17.3 Å². The number of aliphatic hydroxyl groups excluding tert-OH is 1. The van der Waals surface area contributed by atoms with E-state index in [1.165, 1.54) is 12.1 Å². The van der Waals surface area contributed by atoms with Gasteiger partial charge in [0, 0.05) is 36.6 Å². The molecule has 6 N–H and O–H groups in total. The van der Waals surface area contributed by atoms with E-state index in [4.69, 9.17) is 10.1 Å². The van der Waals surface area contributed by atoms with Crippen molar-refractivity contribution in [1.29, 1.82) is 0 Å².